The Morgan fingerprint density at radius 3 is 2.63 bits per heavy atom. The number of ether oxygens (including phenoxy) is 1. The van der Waals surface area contributed by atoms with Gasteiger partial charge in [0.15, 0.2) is 0 Å². The Labute approximate surface area is 161 Å². The van der Waals surface area contributed by atoms with Gasteiger partial charge >= 0.3 is 5.97 Å². The minimum Gasteiger partial charge on any atom is -0.492 e. The standard InChI is InChI=1S/C19H22N4O3S/c1-12-20-19-23(21-12)17(24)16(27-19)15(13-6-4-3-5-7-13)22-10-8-14(9-11-22)18(25)26-2/h3-7,14-15,24H,8-11H2,1-2H3/t15-/m1/s1. The number of hydrogen-bond donors (Lipinski definition) is 1. The van der Waals surface area contributed by atoms with Crippen molar-refractivity contribution >= 4 is 22.3 Å². The number of esters is 1. The number of rotatable bonds is 4. The molecule has 1 atom stereocenters. The van der Waals surface area contributed by atoms with E-state index in [0.29, 0.717) is 10.8 Å². The van der Waals surface area contributed by atoms with Crippen molar-refractivity contribution in [2.24, 2.45) is 5.92 Å². The van der Waals surface area contributed by atoms with Crippen LogP contribution in [0.4, 0.5) is 0 Å². The summed E-state index contributed by atoms with van der Waals surface area (Å²) in [5.41, 5.74) is 1.10. The highest BCUT2D eigenvalue weighted by Crippen LogP contribution is 2.41. The third kappa shape index (κ3) is 3.30. The highest BCUT2D eigenvalue weighted by Gasteiger charge is 2.34. The molecule has 7 nitrogen and oxygen atoms in total. The fourth-order valence-electron chi connectivity index (χ4n) is 3.75. The van der Waals surface area contributed by atoms with Gasteiger partial charge in [-0.3, -0.25) is 9.69 Å². The summed E-state index contributed by atoms with van der Waals surface area (Å²) in [6.45, 7) is 3.32. The molecule has 0 amide bonds. The predicted molar refractivity (Wildman–Crippen MR) is 102 cm³/mol. The molecule has 27 heavy (non-hydrogen) atoms. The molecule has 3 heterocycles. The molecular weight excluding hydrogens is 364 g/mol. The summed E-state index contributed by atoms with van der Waals surface area (Å²) in [4.78, 5) is 20.1. The van der Waals surface area contributed by atoms with Crippen molar-refractivity contribution in [1.29, 1.82) is 0 Å². The number of nitrogens with zero attached hydrogens (tertiary/aromatic N) is 4. The molecule has 8 heteroatoms. The topological polar surface area (TPSA) is 80.0 Å². The Morgan fingerprint density at radius 1 is 1.30 bits per heavy atom. The van der Waals surface area contributed by atoms with E-state index >= 15 is 0 Å². The summed E-state index contributed by atoms with van der Waals surface area (Å²) >= 11 is 1.46. The second-order valence-electron chi connectivity index (χ2n) is 6.79. The van der Waals surface area contributed by atoms with E-state index < -0.39 is 0 Å². The van der Waals surface area contributed by atoms with Crippen molar-refractivity contribution < 1.29 is 14.6 Å². The second-order valence-corrected chi connectivity index (χ2v) is 7.80. The van der Waals surface area contributed by atoms with Gasteiger partial charge in [-0.25, -0.2) is 4.98 Å². The number of aryl methyl sites for hydroxylation is 1. The first kappa shape index (κ1) is 17.9. The monoisotopic (exact) mass is 386 g/mol. The lowest BCUT2D eigenvalue weighted by Crippen LogP contribution is -2.39. The lowest BCUT2D eigenvalue weighted by molar-refractivity contribution is -0.147. The first-order valence-electron chi connectivity index (χ1n) is 9.00. The Kier molecular flexibility index (Phi) is 4.84. The van der Waals surface area contributed by atoms with E-state index in [1.165, 1.54) is 23.0 Å². The SMILES string of the molecule is COC(=O)C1CCN([C@H](c2ccccc2)c2sc3nc(C)nn3c2O)CC1. The zero-order valence-corrected chi connectivity index (χ0v) is 16.1. The third-order valence-corrected chi connectivity index (χ3v) is 6.17. The molecule has 1 aromatic carbocycles. The predicted octanol–water partition coefficient (Wildman–Crippen LogP) is 2.78. The molecule has 1 N–H and O–H groups in total. The summed E-state index contributed by atoms with van der Waals surface area (Å²) in [7, 11) is 1.44. The molecule has 142 valence electrons. The van der Waals surface area contributed by atoms with Crippen molar-refractivity contribution in [2.75, 3.05) is 20.2 Å². The Hall–Kier alpha value is -2.45. The molecular formula is C19H22N4O3S. The second kappa shape index (κ2) is 7.28. The third-order valence-electron chi connectivity index (χ3n) is 5.10. The number of piperidine rings is 1. The fraction of sp³-hybridized carbons (Fsp3) is 0.421. The lowest BCUT2D eigenvalue weighted by Gasteiger charge is -2.36. The highest BCUT2D eigenvalue weighted by molar-refractivity contribution is 7.17. The van der Waals surface area contributed by atoms with Crippen molar-refractivity contribution in [1.82, 2.24) is 19.5 Å². The Morgan fingerprint density at radius 2 is 2.00 bits per heavy atom. The molecule has 1 aliphatic rings. The maximum Gasteiger partial charge on any atom is 0.308 e. The molecule has 1 aliphatic heterocycles. The number of fused-ring (bicyclic) bond motifs is 1. The first-order chi connectivity index (χ1) is 13.1. The number of aromatic nitrogens is 3. The molecule has 0 unspecified atom stereocenters. The largest absolute Gasteiger partial charge is 0.492 e. The molecule has 0 aliphatic carbocycles. The van der Waals surface area contributed by atoms with Crippen LogP contribution in [0.15, 0.2) is 30.3 Å². The van der Waals surface area contributed by atoms with Crippen LogP contribution in [0.1, 0.15) is 35.1 Å². The van der Waals surface area contributed by atoms with E-state index in [-0.39, 0.29) is 23.8 Å². The molecule has 3 aromatic rings. The molecule has 0 bridgehead atoms. The number of benzene rings is 1. The molecule has 2 aromatic heterocycles. The van der Waals surface area contributed by atoms with E-state index in [4.69, 9.17) is 4.74 Å². The molecule has 4 rings (SSSR count). The van der Waals surface area contributed by atoms with Gasteiger partial charge in [0.2, 0.25) is 10.8 Å². The van der Waals surface area contributed by atoms with Gasteiger partial charge in [-0.2, -0.15) is 4.52 Å². The van der Waals surface area contributed by atoms with Crippen molar-refractivity contribution in [3.05, 3.63) is 46.6 Å². The van der Waals surface area contributed by atoms with E-state index in [0.717, 1.165) is 36.4 Å². The minimum absolute atomic E-state index is 0.0544. The molecule has 0 spiro atoms. The van der Waals surface area contributed by atoms with Crippen LogP contribution in [0.3, 0.4) is 0 Å². The van der Waals surface area contributed by atoms with Crippen LogP contribution in [-0.4, -0.2) is 50.8 Å². The van der Waals surface area contributed by atoms with Gasteiger partial charge in [-0.05, 0) is 38.4 Å². The zero-order valence-electron chi connectivity index (χ0n) is 15.3. The van der Waals surface area contributed by atoms with Crippen LogP contribution in [0.5, 0.6) is 5.88 Å². The molecule has 1 saturated heterocycles. The van der Waals surface area contributed by atoms with Gasteiger partial charge in [0.1, 0.15) is 5.82 Å². The van der Waals surface area contributed by atoms with Crippen molar-refractivity contribution in [3.63, 3.8) is 0 Å². The van der Waals surface area contributed by atoms with E-state index in [1.54, 1.807) is 0 Å². The van der Waals surface area contributed by atoms with Gasteiger partial charge in [-0.1, -0.05) is 41.7 Å². The lowest BCUT2D eigenvalue weighted by atomic mass is 9.94. The average Bonchev–Trinajstić information content (AvgIpc) is 3.20. The van der Waals surface area contributed by atoms with Gasteiger partial charge < -0.3 is 9.84 Å². The number of hydrogen-bond acceptors (Lipinski definition) is 7. The maximum absolute atomic E-state index is 11.9. The summed E-state index contributed by atoms with van der Waals surface area (Å²) in [5, 5.41) is 15.1. The smallest absolute Gasteiger partial charge is 0.308 e. The average molecular weight is 386 g/mol. The maximum atomic E-state index is 11.9. The van der Waals surface area contributed by atoms with Crippen LogP contribution in [-0.2, 0) is 9.53 Å². The van der Waals surface area contributed by atoms with Crippen LogP contribution in [0, 0.1) is 12.8 Å². The number of thiazole rings is 1. The van der Waals surface area contributed by atoms with Crippen molar-refractivity contribution in [3.8, 4) is 5.88 Å². The van der Waals surface area contributed by atoms with E-state index in [1.807, 2.05) is 25.1 Å². The molecule has 0 saturated carbocycles. The summed E-state index contributed by atoms with van der Waals surface area (Å²) in [5.74, 6) is 0.585. The fourth-order valence-corrected chi connectivity index (χ4v) is 4.91. The van der Waals surface area contributed by atoms with Crippen LogP contribution in [0.2, 0.25) is 0 Å². The number of carbonyl (C=O) groups excluding carboxylic acids is 1. The molecule has 0 radical (unpaired) electrons. The number of likely N-dealkylation sites (tertiary alicyclic amines) is 1. The van der Waals surface area contributed by atoms with Gasteiger partial charge in [-0.15, -0.1) is 5.10 Å². The zero-order chi connectivity index (χ0) is 19.0. The summed E-state index contributed by atoms with van der Waals surface area (Å²) in [6.07, 6.45) is 1.49. The highest BCUT2D eigenvalue weighted by atomic mass is 32.1. The minimum atomic E-state index is -0.136. The Balaban J connectivity index is 1.69. The van der Waals surface area contributed by atoms with Gasteiger partial charge in [0, 0.05) is 0 Å². The van der Waals surface area contributed by atoms with Gasteiger partial charge in [0.05, 0.1) is 23.9 Å². The van der Waals surface area contributed by atoms with Crippen LogP contribution < -0.4 is 0 Å². The van der Waals surface area contributed by atoms with E-state index in [9.17, 15) is 9.90 Å². The quantitative estimate of drug-likeness (QED) is 0.695. The first-order valence-corrected chi connectivity index (χ1v) is 9.82. The number of carbonyl (C=O) groups is 1. The Bertz CT molecular complexity index is 945. The summed E-state index contributed by atoms with van der Waals surface area (Å²) < 4.78 is 6.41. The van der Waals surface area contributed by atoms with Crippen LogP contribution >= 0.6 is 11.3 Å². The summed E-state index contributed by atoms with van der Waals surface area (Å²) in [6, 6.07) is 10.0. The normalized spacial score (nSPS) is 17.3. The van der Waals surface area contributed by atoms with Crippen molar-refractivity contribution in [2.45, 2.75) is 25.8 Å². The number of methoxy groups -OCH3 is 1. The van der Waals surface area contributed by atoms with E-state index in [2.05, 4.69) is 27.1 Å². The van der Waals surface area contributed by atoms with Crippen LogP contribution in [0.25, 0.3) is 4.96 Å². The molecule has 1 fully saturated rings. The number of aromatic hydroxyl groups is 1. The van der Waals surface area contributed by atoms with Gasteiger partial charge in [0.25, 0.3) is 0 Å².